The molecule has 1 spiro atoms. The highest BCUT2D eigenvalue weighted by Crippen LogP contribution is 2.43. The summed E-state index contributed by atoms with van der Waals surface area (Å²) in [7, 11) is 2.05. The molecule has 2 saturated heterocycles. The van der Waals surface area contributed by atoms with E-state index >= 15 is 0 Å². The van der Waals surface area contributed by atoms with Gasteiger partial charge in [0.05, 0.1) is 17.3 Å². The first-order chi connectivity index (χ1) is 9.83. The summed E-state index contributed by atoms with van der Waals surface area (Å²) in [5.74, 6) is 3.13. The fourth-order valence-corrected chi connectivity index (χ4v) is 4.86. The molecule has 0 aliphatic carbocycles. The maximum Gasteiger partial charge on any atom is 0.0701 e. The third-order valence-electron chi connectivity index (χ3n) is 4.72. The van der Waals surface area contributed by atoms with Crippen LogP contribution in [0.5, 0.6) is 0 Å². The Balaban J connectivity index is 1.75. The summed E-state index contributed by atoms with van der Waals surface area (Å²) in [6, 6.07) is 6.56. The molecule has 0 saturated carbocycles. The van der Waals surface area contributed by atoms with Gasteiger partial charge in [-0.25, -0.2) is 0 Å². The molecule has 2 unspecified atom stereocenters. The third kappa shape index (κ3) is 3.02. The van der Waals surface area contributed by atoms with Crippen molar-refractivity contribution in [1.82, 2.24) is 10.3 Å². The summed E-state index contributed by atoms with van der Waals surface area (Å²) in [6.45, 7) is 0.903. The molecule has 2 atom stereocenters. The zero-order valence-electron chi connectivity index (χ0n) is 12.2. The van der Waals surface area contributed by atoms with Crippen molar-refractivity contribution >= 4 is 11.8 Å². The van der Waals surface area contributed by atoms with Crippen molar-refractivity contribution in [3.63, 3.8) is 0 Å². The first kappa shape index (κ1) is 14.4. The Morgan fingerprint density at radius 2 is 2.25 bits per heavy atom. The Labute approximate surface area is 125 Å². The number of hydrogen-bond acceptors (Lipinski definition) is 4. The minimum Gasteiger partial charge on any atom is -0.375 e. The summed E-state index contributed by atoms with van der Waals surface area (Å²) in [4.78, 5) is 4.55. The predicted molar refractivity (Wildman–Crippen MR) is 84.0 cm³/mol. The number of nitrogens with one attached hydrogen (secondary N) is 1. The fourth-order valence-electron chi connectivity index (χ4n) is 3.63. The second-order valence-electron chi connectivity index (χ2n) is 5.92. The van der Waals surface area contributed by atoms with Crippen LogP contribution in [-0.2, 0) is 4.74 Å². The third-order valence-corrected chi connectivity index (χ3v) is 5.71. The topological polar surface area (TPSA) is 34.2 Å². The molecule has 3 heterocycles. The second-order valence-corrected chi connectivity index (χ2v) is 7.14. The molecule has 2 aliphatic rings. The smallest absolute Gasteiger partial charge is 0.0701 e. The zero-order chi connectivity index (χ0) is 13.8. The molecular weight excluding hydrogens is 268 g/mol. The van der Waals surface area contributed by atoms with E-state index in [0.717, 1.165) is 13.0 Å². The van der Waals surface area contributed by atoms with Gasteiger partial charge in [0.15, 0.2) is 0 Å². The van der Waals surface area contributed by atoms with Crippen LogP contribution in [0.4, 0.5) is 0 Å². The van der Waals surface area contributed by atoms with Crippen LogP contribution in [0.2, 0.25) is 0 Å². The average molecular weight is 292 g/mol. The molecule has 2 fully saturated rings. The molecule has 1 N–H and O–H groups in total. The van der Waals surface area contributed by atoms with E-state index in [0.29, 0.717) is 12.0 Å². The Morgan fingerprint density at radius 1 is 1.40 bits per heavy atom. The van der Waals surface area contributed by atoms with Crippen LogP contribution in [0.15, 0.2) is 24.4 Å². The largest absolute Gasteiger partial charge is 0.375 e. The number of ether oxygens (including phenoxy) is 1. The number of thioether (sulfide) groups is 1. The van der Waals surface area contributed by atoms with Crippen molar-refractivity contribution in [3.8, 4) is 0 Å². The van der Waals surface area contributed by atoms with Gasteiger partial charge in [0, 0.05) is 12.8 Å². The lowest BCUT2D eigenvalue weighted by molar-refractivity contribution is -0.107. The highest BCUT2D eigenvalue weighted by Gasteiger charge is 2.41. The van der Waals surface area contributed by atoms with Crippen molar-refractivity contribution in [1.29, 1.82) is 0 Å². The molecular formula is C16H24N2OS. The number of pyridine rings is 1. The van der Waals surface area contributed by atoms with Gasteiger partial charge in [0.1, 0.15) is 0 Å². The fraction of sp³-hybridized carbons (Fsp3) is 0.688. The standard InChI is InChI=1S/C16H24N2OS/c1-17-15(14-4-2-3-8-18-14)13-5-9-19-16(12-13)6-10-20-11-7-16/h2-4,8,13,15,17H,5-7,9-12H2,1H3. The van der Waals surface area contributed by atoms with Crippen molar-refractivity contribution in [3.05, 3.63) is 30.1 Å². The molecule has 0 radical (unpaired) electrons. The van der Waals surface area contributed by atoms with Crippen LogP contribution in [0, 0.1) is 5.92 Å². The average Bonchev–Trinajstić information content (AvgIpc) is 2.50. The molecule has 110 valence electrons. The highest BCUT2D eigenvalue weighted by atomic mass is 32.2. The van der Waals surface area contributed by atoms with Crippen LogP contribution in [0.3, 0.4) is 0 Å². The number of aromatic nitrogens is 1. The molecule has 4 heteroatoms. The predicted octanol–water partition coefficient (Wildman–Crippen LogP) is 3.03. The lowest BCUT2D eigenvalue weighted by Gasteiger charge is -2.45. The van der Waals surface area contributed by atoms with Gasteiger partial charge in [-0.3, -0.25) is 4.98 Å². The molecule has 0 bridgehead atoms. The minimum absolute atomic E-state index is 0.151. The van der Waals surface area contributed by atoms with E-state index in [9.17, 15) is 0 Å². The van der Waals surface area contributed by atoms with E-state index in [2.05, 4.69) is 41.2 Å². The van der Waals surface area contributed by atoms with Crippen molar-refractivity contribution in [2.75, 3.05) is 25.2 Å². The van der Waals surface area contributed by atoms with Gasteiger partial charge in [-0.2, -0.15) is 11.8 Å². The maximum absolute atomic E-state index is 6.21. The lowest BCUT2D eigenvalue weighted by atomic mass is 9.78. The first-order valence-electron chi connectivity index (χ1n) is 7.63. The van der Waals surface area contributed by atoms with E-state index in [1.165, 1.54) is 36.5 Å². The highest BCUT2D eigenvalue weighted by molar-refractivity contribution is 7.99. The van der Waals surface area contributed by atoms with E-state index in [4.69, 9.17) is 4.74 Å². The molecule has 20 heavy (non-hydrogen) atoms. The molecule has 1 aromatic heterocycles. The normalized spacial score (nSPS) is 27.4. The van der Waals surface area contributed by atoms with Gasteiger partial charge in [-0.15, -0.1) is 0 Å². The van der Waals surface area contributed by atoms with Crippen LogP contribution in [0.1, 0.15) is 37.4 Å². The summed E-state index contributed by atoms with van der Waals surface area (Å²) in [5, 5.41) is 3.49. The van der Waals surface area contributed by atoms with Crippen molar-refractivity contribution in [2.45, 2.75) is 37.3 Å². The maximum atomic E-state index is 6.21. The van der Waals surface area contributed by atoms with Crippen LogP contribution < -0.4 is 5.32 Å². The number of hydrogen-bond donors (Lipinski definition) is 1. The summed E-state index contributed by atoms with van der Waals surface area (Å²) < 4.78 is 6.21. The van der Waals surface area contributed by atoms with Crippen LogP contribution in [-0.4, -0.2) is 35.7 Å². The van der Waals surface area contributed by atoms with Gasteiger partial charge in [-0.05, 0) is 62.3 Å². The number of rotatable bonds is 3. The summed E-state index contributed by atoms with van der Waals surface area (Å²) in [5.41, 5.74) is 1.32. The molecule has 0 aromatic carbocycles. The molecule has 3 rings (SSSR count). The SMILES string of the molecule is CNC(c1ccccn1)C1CCOC2(CCSCC2)C1. The molecule has 0 amide bonds. The Bertz CT molecular complexity index is 414. The van der Waals surface area contributed by atoms with Gasteiger partial charge < -0.3 is 10.1 Å². The zero-order valence-corrected chi connectivity index (χ0v) is 13.0. The van der Waals surface area contributed by atoms with Crippen molar-refractivity contribution < 1.29 is 4.74 Å². The molecule has 1 aromatic rings. The first-order valence-corrected chi connectivity index (χ1v) is 8.78. The van der Waals surface area contributed by atoms with Gasteiger partial charge >= 0.3 is 0 Å². The molecule has 3 nitrogen and oxygen atoms in total. The van der Waals surface area contributed by atoms with E-state index in [1.807, 2.05) is 12.3 Å². The van der Waals surface area contributed by atoms with Crippen molar-refractivity contribution in [2.24, 2.45) is 5.92 Å². The quantitative estimate of drug-likeness (QED) is 0.928. The van der Waals surface area contributed by atoms with Gasteiger partial charge in [0.2, 0.25) is 0 Å². The lowest BCUT2D eigenvalue weighted by Crippen LogP contribution is -2.45. The monoisotopic (exact) mass is 292 g/mol. The minimum atomic E-state index is 0.151. The van der Waals surface area contributed by atoms with E-state index in [-0.39, 0.29) is 5.60 Å². The summed E-state index contributed by atoms with van der Waals surface area (Å²) >= 11 is 2.07. The molecule has 2 aliphatic heterocycles. The van der Waals surface area contributed by atoms with Crippen LogP contribution >= 0.6 is 11.8 Å². The Morgan fingerprint density at radius 3 is 2.95 bits per heavy atom. The second kappa shape index (κ2) is 6.46. The van der Waals surface area contributed by atoms with Gasteiger partial charge in [-0.1, -0.05) is 6.07 Å². The van der Waals surface area contributed by atoms with E-state index in [1.54, 1.807) is 0 Å². The Kier molecular flexibility index (Phi) is 4.64. The Hall–Kier alpha value is -0.580. The van der Waals surface area contributed by atoms with Crippen LogP contribution in [0.25, 0.3) is 0 Å². The number of nitrogens with zero attached hydrogens (tertiary/aromatic N) is 1. The van der Waals surface area contributed by atoms with E-state index < -0.39 is 0 Å². The summed E-state index contributed by atoms with van der Waals surface area (Å²) in [6.07, 6.45) is 6.64. The van der Waals surface area contributed by atoms with Gasteiger partial charge in [0.25, 0.3) is 0 Å².